The summed E-state index contributed by atoms with van der Waals surface area (Å²) < 4.78 is 0. The lowest BCUT2D eigenvalue weighted by Crippen LogP contribution is -2.40. The second kappa shape index (κ2) is 11.5. The normalized spacial score (nSPS) is 31.4. The number of rotatable bonds is 15. The number of fused-ring (bicyclic) bond motifs is 1. The van der Waals surface area contributed by atoms with Gasteiger partial charge in [-0.3, -0.25) is 5.32 Å². The second-order valence-electron chi connectivity index (χ2n) is 7.99. The molecule has 2 aliphatic rings. The lowest BCUT2D eigenvalue weighted by atomic mass is 10.1. The molecule has 3 nitrogen and oxygen atoms in total. The molecule has 1 N–H and O–H groups in total. The molecule has 2 aliphatic heterocycles. The van der Waals surface area contributed by atoms with Gasteiger partial charge in [0, 0.05) is 0 Å². The molecule has 2 unspecified atom stereocenters. The quantitative estimate of drug-likeness (QED) is 0.291. The van der Waals surface area contributed by atoms with Crippen molar-refractivity contribution in [2.45, 2.75) is 136 Å². The number of nitrogens with zero attached hydrogens (tertiary/aromatic N) is 2. The van der Waals surface area contributed by atoms with Crippen LogP contribution < -0.4 is 5.32 Å². The van der Waals surface area contributed by atoms with Gasteiger partial charge in [-0.15, -0.1) is 0 Å². The Balaban J connectivity index is 1.73. The first-order valence-electron chi connectivity index (χ1n) is 11.2. The van der Waals surface area contributed by atoms with E-state index >= 15 is 0 Å². The standard InChI is InChI=1S/C21H43N3/c1-4-7-10-13-16-19-22-20(17-14-11-8-5-2)24-21(23(19)24)18-15-12-9-6-3/h19-22H,4-18H2,1-3H3/t19-,20-,21?,23?,24?/m1/s1. The van der Waals surface area contributed by atoms with Crippen LogP contribution in [0.25, 0.3) is 0 Å². The minimum absolute atomic E-state index is 0.634. The highest BCUT2D eigenvalue weighted by atomic mass is 15.9. The van der Waals surface area contributed by atoms with E-state index in [9.17, 15) is 0 Å². The number of hydrazine groups is 1. The van der Waals surface area contributed by atoms with E-state index in [1.807, 2.05) is 0 Å². The van der Waals surface area contributed by atoms with E-state index in [1.165, 1.54) is 96.3 Å². The first kappa shape index (κ1) is 20.2. The largest absolute Gasteiger partial charge is 0.284 e. The van der Waals surface area contributed by atoms with Gasteiger partial charge in [-0.2, -0.15) is 0 Å². The maximum absolute atomic E-state index is 3.93. The Morgan fingerprint density at radius 3 is 1.38 bits per heavy atom. The van der Waals surface area contributed by atoms with Crippen molar-refractivity contribution < 1.29 is 0 Å². The zero-order chi connectivity index (χ0) is 17.2. The van der Waals surface area contributed by atoms with Crippen LogP contribution in [-0.4, -0.2) is 28.5 Å². The van der Waals surface area contributed by atoms with Gasteiger partial charge in [-0.1, -0.05) is 97.8 Å². The van der Waals surface area contributed by atoms with Crippen molar-refractivity contribution in [1.82, 2.24) is 15.3 Å². The molecule has 2 rings (SSSR count). The molecule has 0 spiro atoms. The van der Waals surface area contributed by atoms with Crippen LogP contribution in [0, 0.1) is 0 Å². The molecular weight excluding hydrogens is 294 g/mol. The second-order valence-corrected chi connectivity index (χ2v) is 7.99. The van der Waals surface area contributed by atoms with Crippen LogP contribution in [0.1, 0.15) is 117 Å². The zero-order valence-electron chi connectivity index (χ0n) is 16.7. The van der Waals surface area contributed by atoms with Crippen LogP contribution in [0.5, 0.6) is 0 Å². The summed E-state index contributed by atoms with van der Waals surface area (Å²) in [6.45, 7) is 6.92. The maximum atomic E-state index is 3.93. The van der Waals surface area contributed by atoms with E-state index in [1.54, 1.807) is 0 Å². The molecule has 2 saturated heterocycles. The first-order valence-corrected chi connectivity index (χ1v) is 11.2. The first-order chi connectivity index (χ1) is 11.8. The van der Waals surface area contributed by atoms with Gasteiger partial charge in [0.2, 0.25) is 0 Å². The molecule has 2 heterocycles. The van der Waals surface area contributed by atoms with Gasteiger partial charge in [0.25, 0.3) is 0 Å². The third kappa shape index (κ3) is 6.00. The van der Waals surface area contributed by atoms with Gasteiger partial charge in [0.15, 0.2) is 0 Å². The summed E-state index contributed by atoms with van der Waals surface area (Å²) >= 11 is 0. The summed E-state index contributed by atoms with van der Waals surface area (Å²) in [7, 11) is 0. The Morgan fingerprint density at radius 2 is 0.958 bits per heavy atom. The molecule has 4 atom stereocenters. The van der Waals surface area contributed by atoms with Gasteiger partial charge in [0.1, 0.15) is 0 Å². The highest BCUT2D eigenvalue weighted by molar-refractivity contribution is 4.98. The lowest BCUT2D eigenvalue weighted by Gasteiger charge is -2.20. The van der Waals surface area contributed by atoms with Crippen molar-refractivity contribution in [2.75, 3.05) is 0 Å². The fourth-order valence-corrected chi connectivity index (χ4v) is 4.33. The summed E-state index contributed by atoms with van der Waals surface area (Å²) in [6.07, 6.45) is 22.8. The average molecular weight is 338 g/mol. The summed E-state index contributed by atoms with van der Waals surface area (Å²) in [6, 6.07) is 0. The van der Waals surface area contributed by atoms with Crippen molar-refractivity contribution in [3.63, 3.8) is 0 Å². The Labute approximate surface area is 151 Å². The van der Waals surface area contributed by atoms with Crippen LogP contribution in [0.2, 0.25) is 0 Å². The van der Waals surface area contributed by atoms with Crippen molar-refractivity contribution in [1.29, 1.82) is 0 Å². The Hall–Kier alpha value is -0.120. The summed E-state index contributed by atoms with van der Waals surface area (Å²) in [5.74, 6) is 0. The monoisotopic (exact) mass is 337 g/mol. The van der Waals surface area contributed by atoms with E-state index in [4.69, 9.17) is 0 Å². The maximum Gasteiger partial charge on any atom is 0.0931 e. The molecule has 142 valence electrons. The van der Waals surface area contributed by atoms with E-state index in [2.05, 4.69) is 36.1 Å². The highest BCUT2D eigenvalue weighted by Crippen LogP contribution is 2.42. The zero-order valence-corrected chi connectivity index (χ0v) is 16.7. The fourth-order valence-electron chi connectivity index (χ4n) is 4.33. The van der Waals surface area contributed by atoms with Crippen molar-refractivity contribution in [3.05, 3.63) is 0 Å². The van der Waals surface area contributed by atoms with Crippen LogP contribution in [-0.2, 0) is 0 Å². The van der Waals surface area contributed by atoms with Gasteiger partial charge in [-0.05, 0) is 19.3 Å². The van der Waals surface area contributed by atoms with E-state index in [-0.39, 0.29) is 0 Å². The van der Waals surface area contributed by atoms with Gasteiger partial charge >= 0.3 is 0 Å². The lowest BCUT2D eigenvalue weighted by molar-refractivity contribution is 0.288. The number of nitrogens with one attached hydrogen (secondary N) is 1. The third-order valence-electron chi connectivity index (χ3n) is 5.82. The molecule has 2 fully saturated rings. The van der Waals surface area contributed by atoms with Crippen LogP contribution in [0.15, 0.2) is 0 Å². The van der Waals surface area contributed by atoms with Crippen LogP contribution >= 0.6 is 0 Å². The van der Waals surface area contributed by atoms with Crippen LogP contribution in [0.4, 0.5) is 0 Å². The smallest absolute Gasteiger partial charge is 0.0931 e. The predicted octanol–water partition coefficient (Wildman–Crippen LogP) is 6.01. The van der Waals surface area contributed by atoms with E-state index in [0.717, 1.165) is 6.17 Å². The minimum atomic E-state index is 0.634. The van der Waals surface area contributed by atoms with E-state index < -0.39 is 0 Å². The number of hydrogen-bond donors (Lipinski definition) is 1. The predicted molar refractivity (Wildman–Crippen MR) is 104 cm³/mol. The molecule has 0 radical (unpaired) electrons. The molecule has 0 bridgehead atoms. The topological polar surface area (TPSA) is 18.0 Å². The number of hydrogen-bond acceptors (Lipinski definition) is 3. The summed E-state index contributed by atoms with van der Waals surface area (Å²) in [4.78, 5) is 0. The van der Waals surface area contributed by atoms with Gasteiger partial charge in [-0.25, -0.2) is 10.0 Å². The molecule has 0 saturated carbocycles. The van der Waals surface area contributed by atoms with Gasteiger partial charge in [0.05, 0.1) is 18.5 Å². The van der Waals surface area contributed by atoms with E-state index in [0.29, 0.717) is 12.3 Å². The fraction of sp³-hybridized carbons (Fsp3) is 1.00. The Bertz CT molecular complexity index is 296. The Kier molecular flexibility index (Phi) is 9.67. The minimum Gasteiger partial charge on any atom is -0.284 e. The SMILES string of the molecule is CCCCCCC1N2[C@H](CCCCCC)N[C@@H](CCCCCC)N12. The molecule has 0 aromatic rings. The molecule has 3 heteroatoms. The third-order valence-corrected chi connectivity index (χ3v) is 5.82. The summed E-state index contributed by atoms with van der Waals surface area (Å²) in [5.41, 5.74) is 0. The highest BCUT2D eigenvalue weighted by Gasteiger charge is 2.57. The molecular formula is C21H43N3. The summed E-state index contributed by atoms with van der Waals surface area (Å²) in [5, 5.41) is 9.32. The van der Waals surface area contributed by atoms with Crippen LogP contribution in [0.3, 0.4) is 0 Å². The molecule has 0 amide bonds. The number of unbranched alkanes of at least 4 members (excludes halogenated alkanes) is 9. The Morgan fingerprint density at radius 1 is 0.542 bits per heavy atom. The molecule has 24 heavy (non-hydrogen) atoms. The average Bonchev–Trinajstić information content (AvgIpc) is 3.19. The van der Waals surface area contributed by atoms with Gasteiger partial charge < -0.3 is 0 Å². The van der Waals surface area contributed by atoms with Crippen molar-refractivity contribution >= 4 is 0 Å². The van der Waals surface area contributed by atoms with Crippen molar-refractivity contribution in [2.24, 2.45) is 0 Å². The molecule has 0 aromatic heterocycles. The molecule has 0 aromatic carbocycles. The molecule has 0 aliphatic carbocycles. The van der Waals surface area contributed by atoms with Crippen molar-refractivity contribution in [3.8, 4) is 0 Å².